The van der Waals surface area contributed by atoms with Crippen molar-refractivity contribution >= 4 is 0 Å². The Balaban J connectivity index is 1.92. The zero-order valence-electron chi connectivity index (χ0n) is 5.46. The van der Waals surface area contributed by atoms with Gasteiger partial charge in [0.1, 0.15) is 0 Å². The lowest BCUT2D eigenvalue weighted by atomic mass is 9.72. The standard InChI is InChI=1S/C8H12O/c9-8-5-2-1-4(5)6-3-7(6)8/h4-9H,1-3H2/t4-,5+,6+,7+,8+/m1/s1. The second-order valence-electron chi connectivity index (χ2n) is 3.96. The second-order valence-corrected chi connectivity index (χ2v) is 3.96. The van der Waals surface area contributed by atoms with Crippen molar-refractivity contribution in [2.75, 3.05) is 0 Å². The maximum atomic E-state index is 9.53. The Labute approximate surface area is 55.1 Å². The van der Waals surface area contributed by atoms with Gasteiger partial charge >= 0.3 is 0 Å². The molecule has 0 aliphatic heterocycles. The van der Waals surface area contributed by atoms with E-state index in [-0.39, 0.29) is 6.10 Å². The quantitative estimate of drug-likeness (QED) is 0.511. The molecule has 1 N–H and O–H groups in total. The van der Waals surface area contributed by atoms with Crippen LogP contribution in [-0.2, 0) is 0 Å². The van der Waals surface area contributed by atoms with Crippen molar-refractivity contribution < 1.29 is 5.11 Å². The summed E-state index contributed by atoms with van der Waals surface area (Å²) in [6.45, 7) is 0. The lowest BCUT2D eigenvalue weighted by Crippen LogP contribution is -2.31. The molecular weight excluding hydrogens is 112 g/mol. The summed E-state index contributed by atoms with van der Waals surface area (Å²) >= 11 is 0. The highest BCUT2D eigenvalue weighted by Crippen LogP contribution is 2.65. The van der Waals surface area contributed by atoms with Crippen LogP contribution >= 0.6 is 0 Å². The van der Waals surface area contributed by atoms with Gasteiger partial charge in [-0.15, -0.1) is 0 Å². The molecule has 0 radical (unpaired) electrons. The van der Waals surface area contributed by atoms with E-state index in [9.17, 15) is 5.11 Å². The summed E-state index contributed by atoms with van der Waals surface area (Å²) in [6.07, 6.45) is 4.21. The number of rotatable bonds is 0. The Bertz CT molecular complexity index is 140. The van der Waals surface area contributed by atoms with Gasteiger partial charge in [0.15, 0.2) is 0 Å². The van der Waals surface area contributed by atoms with E-state index in [0.29, 0.717) is 0 Å². The number of aliphatic hydroxyl groups excluding tert-OH is 1. The Morgan fingerprint density at radius 2 is 1.67 bits per heavy atom. The first-order valence-electron chi connectivity index (χ1n) is 4.06. The zero-order valence-corrected chi connectivity index (χ0v) is 5.46. The Morgan fingerprint density at radius 3 is 2.00 bits per heavy atom. The van der Waals surface area contributed by atoms with Crippen LogP contribution in [0, 0.1) is 23.7 Å². The van der Waals surface area contributed by atoms with E-state index in [4.69, 9.17) is 0 Å². The summed E-state index contributed by atoms with van der Waals surface area (Å²) in [7, 11) is 0. The van der Waals surface area contributed by atoms with E-state index >= 15 is 0 Å². The van der Waals surface area contributed by atoms with Gasteiger partial charge in [0.2, 0.25) is 0 Å². The molecule has 0 aromatic heterocycles. The number of fused-ring (bicyclic) bond motifs is 3. The SMILES string of the molecule is O[C@H]1[C@H]2CC[C@H]2[C@@H]2C[C@H]12. The maximum Gasteiger partial charge on any atom is 0.0602 e. The van der Waals surface area contributed by atoms with Gasteiger partial charge in [-0.05, 0) is 42.9 Å². The van der Waals surface area contributed by atoms with Crippen molar-refractivity contribution in [3.63, 3.8) is 0 Å². The van der Waals surface area contributed by atoms with Gasteiger partial charge in [-0.25, -0.2) is 0 Å². The molecule has 0 bridgehead atoms. The molecule has 3 fully saturated rings. The number of hydrogen-bond acceptors (Lipinski definition) is 1. The first-order valence-corrected chi connectivity index (χ1v) is 4.06. The van der Waals surface area contributed by atoms with Gasteiger partial charge in [-0.3, -0.25) is 0 Å². The van der Waals surface area contributed by atoms with Crippen LogP contribution in [-0.4, -0.2) is 11.2 Å². The highest BCUT2D eigenvalue weighted by molar-refractivity contribution is 5.11. The average molecular weight is 124 g/mol. The number of hydrogen-bond donors (Lipinski definition) is 1. The third kappa shape index (κ3) is 0.389. The molecule has 5 atom stereocenters. The molecule has 0 heterocycles. The summed E-state index contributed by atoms with van der Waals surface area (Å²) in [4.78, 5) is 0. The van der Waals surface area contributed by atoms with E-state index in [2.05, 4.69) is 0 Å². The maximum absolute atomic E-state index is 9.53. The van der Waals surface area contributed by atoms with Crippen LogP contribution in [0.1, 0.15) is 19.3 Å². The molecule has 1 heteroatoms. The first-order chi connectivity index (χ1) is 4.38. The van der Waals surface area contributed by atoms with Crippen LogP contribution in [0.25, 0.3) is 0 Å². The molecule has 0 spiro atoms. The second kappa shape index (κ2) is 1.20. The van der Waals surface area contributed by atoms with Crippen LogP contribution in [0.15, 0.2) is 0 Å². The molecule has 3 aliphatic rings. The van der Waals surface area contributed by atoms with Gasteiger partial charge in [0.05, 0.1) is 6.10 Å². The molecule has 3 rings (SSSR count). The minimum absolute atomic E-state index is 0.119. The molecule has 0 unspecified atom stereocenters. The first kappa shape index (κ1) is 4.73. The monoisotopic (exact) mass is 124 g/mol. The largest absolute Gasteiger partial charge is 0.393 e. The Morgan fingerprint density at radius 1 is 0.889 bits per heavy atom. The van der Waals surface area contributed by atoms with Crippen molar-refractivity contribution in [2.45, 2.75) is 25.4 Å². The molecule has 1 nitrogen and oxygen atoms in total. The van der Waals surface area contributed by atoms with E-state index in [1.807, 2.05) is 0 Å². The lowest BCUT2D eigenvalue weighted by molar-refractivity contribution is 0.0378. The fourth-order valence-corrected chi connectivity index (χ4v) is 2.95. The topological polar surface area (TPSA) is 20.2 Å². The molecule has 0 aromatic rings. The molecular formula is C8H12O. The predicted molar refractivity (Wildman–Crippen MR) is 33.8 cm³/mol. The van der Waals surface area contributed by atoms with E-state index in [1.165, 1.54) is 19.3 Å². The van der Waals surface area contributed by atoms with Gasteiger partial charge in [0, 0.05) is 0 Å². The van der Waals surface area contributed by atoms with E-state index in [0.717, 1.165) is 23.7 Å². The fraction of sp³-hybridized carbons (Fsp3) is 1.00. The van der Waals surface area contributed by atoms with Gasteiger partial charge in [-0.1, -0.05) is 0 Å². The lowest BCUT2D eigenvalue weighted by Gasteiger charge is -2.34. The Hall–Kier alpha value is -0.0400. The van der Waals surface area contributed by atoms with Crippen molar-refractivity contribution in [3.8, 4) is 0 Å². The predicted octanol–water partition coefficient (Wildman–Crippen LogP) is 1.02. The van der Waals surface area contributed by atoms with E-state index in [1.54, 1.807) is 0 Å². The fourth-order valence-electron chi connectivity index (χ4n) is 2.95. The van der Waals surface area contributed by atoms with Crippen LogP contribution in [0.5, 0.6) is 0 Å². The summed E-state index contributed by atoms with van der Waals surface area (Å²) in [5.41, 5.74) is 0. The summed E-state index contributed by atoms with van der Waals surface area (Å²) < 4.78 is 0. The molecule has 50 valence electrons. The zero-order chi connectivity index (χ0) is 6.01. The Kier molecular flexibility index (Phi) is 0.628. The molecule has 0 saturated heterocycles. The minimum atomic E-state index is 0.119. The van der Waals surface area contributed by atoms with Crippen LogP contribution in [0.4, 0.5) is 0 Å². The molecule has 0 amide bonds. The van der Waals surface area contributed by atoms with Crippen LogP contribution in [0.3, 0.4) is 0 Å². The summed E-state index contributed by atoms with van der Waals surface area (Å²) in [5, 5.41) is 9.53. The minimum Gasteiger partial charge on any atom is -0.393 e. The van der Waals surface area contributed by atoms with Gasteiger partial charge in [0.25, 0.3) is 0 Å². The highest BCUT2D eigenvalue weighted by Gasteiger charge is 2.62. The van der Waals surface area contributed by atoms with E-state index < -0.39 is 0 Å². The van der Waals surface area contributed by atoms with Crippen molar-refractivity contribution in [2.24, 2.45) is 23.7 Å². The third-order valence-corrected chi connectivity index (χ3v) is 3.70. The summed E-state index contributed by atoms with van der Waals surface area (Å²) in [5.74, 6) is 3.43. The average Bonchev–Trinajstić information content (AvgIpc) is 2.38. The van der Waals surface area contributed by atoms with Crippen molar-refractivity contribution in [1.29, 1.82) is 0 Å². The summed E-state index contributed by atoms with van der Waals surface area (Å²) in [6, 6.07) is 0. The molecule has 9 heavy (non-hydrogen) atoms. The third-order valence-electron chi connectivity index (χ3n) is 3.70. The van der Waals surface area contributed by atoms with Gasteiger partial charge < -0.3 is 5.11 Å². The van der Waals surface area contributed by atoms with Gasteiger partial charge in [-0.2, -0.15) is 0 Å². The molecule has 3 saturated carbocycles. The van der Waals surface area contributed by atoms with Crippen molar-refractivity contribution in [1.82, 2.24) is 0 Å². The smallest absolute Gasteiger partial charge is 0.0602 e. The normalized spacial score (nSPS) is 68.3. The number of aliphatic hydroxyl groups is 1. The highest BCUT2D eigenvalue weighted by atomic mass is 16.3. The molecule has 3 aliphatic carbocycles. The van der Waals surface area contributed by atoms with Crippen LogP contribution in [0.2, 0.25) is 0 Å². The van der Waals surface area contributed by atoms with Crippen molar-refractivity contribution in [3.05, 3.63) is 0 Å². The molecule has 0 aromatic carbocycles. The van der Waals surface area contributed by atoms with Crippen LogP contribution < -0.4 is 0 Å².